The van der Waals surface area contributed by atoms with Gasteiger partial charge in [0.25, 0.3) is 0 Å². The summed E-state index contributed by atoms with van der Waals surface area (Å²) in [6, 6.07) is 0. The summed E-state index contributed by atoms with van der Waals surface area (Å²) < 4.78 is 0. The van der Waals surface area contributed by atoms with Crippen molar-refractivity contribution in [2.45, 2.75) is 57.8 Å². The largest absolute Gasteiger partial charge is 0.355 e. The lowest BCUT2D eigenvalue weighted by molar-refractivity contribution is -0.140. The van der Waals surface area contributed by atoms with Crippen LogP contribution in [0.3, 0.4) is 0 Å². The third-order valence-corrected chi connectivity index (χ3v) is 7.99. The van der Waals surface area contributed by atoms with Crippen LogP contribution in [-0.2, 0) is 14.4 Å². The fourth-order valence-electron chi connectivity index (χ4n) is 7.18. The van der Waals surface area contributed by atoms with Crippen molar-refractivity contribution in [1.29, 1.82) is 0 Å². The van der Waals surface area contributed by atoms with Crippen LogP contribution >= 0.6 is 0 Å². The number of amides is 3. The van der Waals surface area contributed by atoms with Gasteiger partial charge in [0, 0.05) is 19.5 Å². The van der Waals surface area contributed by atoms with Crippen LogP contribution in [0.2, 0.25) is 0 Å². The Hall–Kier alpha value is -1.65. The van der Waals surface area contributed by atoms with Gasteiger partial charge in [-0.2, -0.15) is 0 Å². The van der Waals surface area contributed by atoms with Crippen molar-refractivity contribution < 1.29 is 14.4 Å². The summed E-state index contributed by atoms with van der Waals surface area (Å²) in [5.41, 5.74) is 0.324. The van der Waals surface area contributed by atoms with Gasteiger partial charge in [-0.3, -0.25) is 19.3 Å². The number of nitrogens with zero attached hydrogens (tertiary/aromatic N) is 1. The molecule has 0 unspecified atom stereocenters. The van der Waals surface area contributed by atoms with E-state index in [9.17, 15) is 14.4 Å². The van der Waals surface area contributed by atoms with Crippen molar-refractivity contribution in [3.8, 4) is 0 Å². The molecule has 1 heterocycles. The molecule has 0 spiro atoms. The Balaban J connectivity index is 1.13. The van der Waals surface area contributed by atoms with Crippen LogP contribution in [0.4, 0.5) is 0 Å². The maximum absolute atomic E-state index is 12.5. The number of nitrogens with one attached hydrogen (secondary N) is 1. The zero-order valence-electron chi connectivity index (χ0n) is 16.0. The highest BCUT2D eigenvalue weighted by atomic mass is 16.2. The van der Waals surface area contributed by atoms with Crippen molar-refractivity contribution in [3.63, 3.8) is 0 Å². The molecule has 5 aliphatic carbocycles. The second-order valence-electron chi connectivity index (χ2n) is 9.93. The van der Waals surface area contributed by atoms with E-state index in [1.165, 1.54) is 43.4 Å². The highest BCUT2D eigenvalue weighted by Gasteiger charge is 2.51. The number of hydrogen-bond acceptors (Lipinski definition) is 3. The van der Waals surface area contributed by atoms with Crippen molar-refractivity contribution in [3.05, 3.63) is 12.2 Å². The van der Waals surface area contributed by atoms with Gasteiger partial charge in [0.2, 0.25) is 17.7 Å². The van der Waals surface area contributed by atoms with Gasteiger partial charge < -0.3 is 5.32 Å². The molecule has 1 aliphatic heterocycles. The molecule has 0 radical (unpaired) electrons. The molecule has 27 heavy (non-hydrogen) atoms. The predicted octanol–water partition coefficient (Wildman–Crippen LogP) is 2.66. The molecular weight excluding hydrogens is 340 g/mol. The minimum atomic E-state index is -0.197. The highest BCUT2D eigenvalue weighted by Crippen LogP contribution is 2.59. The lowest BCUT2D eigenvalue weighted by atomic mass is 9.49. The molecule has 2 atom stereocenters. The molecule has 0 aromatic heterocycles. The normalized spacial score (nSPS) is 41.9. The van der Waals surface area contributed by atoms with Gasteiger partial charge in [-0.1, -0.05) is 12.2 Å². The Morgan fingerprint density at radius 1 is 0.963 bits per heavy atom. The molecule has 146 valence electrons. The first-order valence-corrected chi connectivity index (χ1v) is 10.8. The number of allylic oxidation sites excluding steroid dienone is 2. The lowest BCUT2D eigenvalue weighted by Crippen LogP contribution is -2.51. The molecule has 1 saturated heterocycles. The van der Waals surface area contributed by atoms with Crippen LogP contribution < -0.4 is 5.32 Å². The monoisotopic (exact) mass is 370 g/mol. The van der Waals surface area contributed by atoms with Gasteiger partial charge in [-0.05, 0) is 74.5 Å². The highest BCUT2D eigenvalue weighted by molar-refractivity contribution is 6.05. The van der Waals surface area contributed by atoms with Gasteiger partial charge in [0.15, 0.2) is 0 Å². The van der Waals surface area contributed by atoms with Crippen LogP contribution in [-0.4, -0.2) is 35.7 Å². The van der Waals surface area contributed by atoms with E-state index in [1.54, 1.807) is 0 Å². The van der Waals surface area contributed by atoms with Gasteiger partial charge in [-0.15, -0.1) is 0 Å². The topological polar surface area (TPSA) is 66.5 Å². The molecule has 5 heteroatoms. The average molecular weight is 370 g/mol. The first-order valence-electron chi connectivity index (χ1n) is 10.8. The standard InChI is InChI=1S/C22H30N2O3/c25-19(5-6-24-20(26)17-3-1-2-4-18(17)21(24)27)23-13-22-10-14-7-15(11-22)9-16(8-14)12-22/h1-2,14-18H,3-13H2,(H,23,25)/t14?,15?,16?,17-,18+,22?. The average Bonchev–Trinajstić information content (AvgIpc) is 2.88. The first kappa shape index (κ1) is 17.4. The molecule has 5 nitrogen and oxygen atoms in total. The molecule has 1 N–H and O–H groups in total. The second kappa shape index (κ2) is 6.46. The molecule has 0 aromatic rings. The fraction of sp³-hybridized carbons (Fsp3) is 0.773. The van der Waals surface area contributed by atoms with E-state index in [-0.39, 0.29) is 42.5 Å². The fourth-order valence-corrected chi connectivity index (χ4v) is 7.18. The number of imide groups is 1. The Morgan fingerprint density at radius 2 is 1.48 bits per heavy atom. The van der Waals surface area contributed by atoms with Crippen LogP contribution in [0.25, 0.3) is 0 Å². The van der Waals surface area contributed by atoms with Crippen molar-refractivity contribution in [1.82, 2.24) is 10.2 Å². The maximum atomic E-state index is 12.5. The number of fused-ring (bicyclic) bond motifs is 1. The zero-order chi connectivity index (χ0) is 18.6. The van der Waals surface area contributed by atoms with Crippen molar-refractivity contribution >= 4 is 17.7 Å². The number of carbonyl (C=O) groups excluding carboxylic acids is 3. The lowest BCUT2D eigenvalue weighted by Gasteiger charge is -2.56. The summed E-state index contributed by atoms with van der Waals surface area (Å²) in [5.74, 6) is 2.07. The summed E-state index contributed by atoms with van der Waals surface area (Å²) in [5, 5.41) is 3.16. The van der Waals surface area contributed by atoms with E-state index in [0.29, 0.717) is 18.3 Å². The molecule has 4 bridgehead atoms. The minimum absolute atomic E-state index is 0.0145. The third kappa shape index (κ3) is 3.03. The van der Waals surface area contributed by atoms with Gasteiger partial charge >= 0.3 is 0 Å². The molecule has 6 aliphatic rings. The SMILES string of the molecule is O=C(CCN1C(=O)[C@H]2CC=CC[C@H]2C1=O)NCC12CC3CC(CC(C3)C1)C2. The van der Waals surface area contributed by atoms with E-state index in [2.05, 4.69) is 5.32 Å². The molecule has 3 amide bonds. The molecular formula is C22H30N2O3. The van der Waals surface area contributed by atoms with E-state index in [4.69, 9.17) is 0 Å². The van der Waals surface area contributed by atoms with Crippen molar-refractivity contribution in [2.24, 2.45) is 35.0 Å². The van der Waals surface area contributed by atoms with Gasteiger partial charge in [0.1, 0.15) is 0 Å². The summed E-state index contributed by atoms with van der Waals surface area (Å²) in [7, 11) is 0. The Labute approximate surface area is 160 Å². The Bertz CT molecular complexity index is 636. The summed E-state index contributed by atoms with van der Waals surface area (Å²) in [4.78, 5) is 38.8. The van der Waals surface area contributed by atoms with Crippen LogP contribution in [0.15, 0.2) is 12.2 Å². The quantitative estimate of drug-likeness (QED) is 0.598. The maximum Gasteiger partial charge on any atom is 0.233 e. The third-order valence-electron chi connectivity index (χ3n) is 7.99. The minimum Gasteiger partial charge on any atom is -0.355 e. The van der Waals surface area contributed by atoms with Crippen LogP contribution in [0, 0.1) is 35.0 Å². The van der Waals surface area contributed by atoms with Crippen LogP contribution in [0.1, 0.15) is 57.8 Å². The predicted molar refractivity (Wildman–Crippen MR) is 100 cm³/mol. The molecule has 0 aromatic carbocycles. The molecule has 6 rings (SSSR count). The van der Waals surface area contributed by atoms with Gasteiger partial charge in [0.05, 0.1) is 11.8 Å². The molecule has 4 saturated carbocycles. The van der Waals surface area contributed by atoms with E-state index >= 15 is 0 Å². The van der Waals surface area contributed by atoms with Gasteiger partial charge in [-0.25, -0.2) is 0 Å². The first-order chi connectivity index (χ1) is 13.0. The summed E-state index contributed by atoms with van der Waals surface area (Å²) >= 11 is 0. The smallest absolute Gasteiger partial charge is 0.233 e. The number of rotatable bonds is 5. The van der Waals surface area contributed by atoms with E-state index < -0.39 is 0 Å². The van der Waals surface area contributed by atoms with E-state index in [1.807, 2.05) is 12.2 Å². The Morgan fingerprint density at radius 3 is 2.00 bits per heavy atom. The molecule has 5 fully saturated rings. The summed E-state index contributed by atoms with van der Waals surface area (Å²) in [6.07, 6.45) is 13.6. The number of hydrogen-bond donors (Lipinski definition) is 1. The number of likely N-dealkylation sites (tertiary alicyclic amines) is 1. The second-order valence-corrected chi connectivity index (χ2v) is 9.93. The van der Waals surface area contributed by atoms with E-state index in [0.717, 1.165) is 24.3 Å². The Kier molecular flexibility index (Phi) is 4.17. The number of carbonyl (C=O) groups is 3. The van der Waals surface area contributed by atoms with Crippen LogP contribution in [0.5, 0.6) is 0 Å². The zero-order valence-corrected chi connectivity index (χ0v) is 16.0. The van der Waals surface area contributed by atoms with Crippen molar-refractivity contribution in [2.75, 3.05) is 13.1 Å². The summed E-state index contributed by atoms with van der Waals surface area (Å²) in [6.45, 7) is 1.02.